The Morgan fingerprint density at radius 1 is 1.29 bits per heavy atom. The highest BCUT2D eigenvalue weighted by Crippen LogP contribution is 2.36. The van der Waals surface area contributed by atoms with Gasteiger partial charge in [0.25, 0.3) is 0 Å². The summed E-state index contributed by atoms with van der Waals surface area (Å²) in [5.74, 6) is 0.610. The van der Waals surface area contributed by atoms with E-state index >= 15 is 0 Å². The first-order valence-electron chi connectivity index (χ1n) is 4.93. The van der Waals surface area contributed by atoms with E-state index in [2.05, 4.69) is 27.3 Å². The average Bonchev–Trinajstić information content (AvgIpc) is 2.19. The normalized spacial score (nSPS) is 18.4. The zero-order valence-corrected chi connectivity index (χ0v) is 10.2. The molecule has 14 heavy (non-hydrogen) atoms. The summed E-state index contributed by atoms with van der Waals surface area (Å²) in [6.07, 6.45) is 2.37. The number of halogens is 2. The van der Waals surface area contributed by atoms with Gasteiger partial charge >= 0.3 is 0 Å². The smallest absolute Gasteiger partial charge is 0.0452 e. The molecule has 0 spiro atoms. The monoisotopic (exact) mass is 273 g/mol. The summed E-state index contributed by atoms with van der Waals surface area (Å²) in [4.78, 5) is 0. The molecule has 1 aromatic rings. The molecule has 0 aliphatic carbocycles. The minimum Gasteiger partial charge on any atom is -0.317 e. The van der Waals surface area contributed by atoms with E-state index < -0.39 is 0 Å². The Morgan fingerprint density at radius 2 is 2.00 bits per heavy atom. The molecule has 0 bridgehead atoms. The molecular weight excluding hydrogens is 261 g/mol. The third kappa shape index (κ3) is 2.13. The Kier molecular flexibility index (Phi) is 3.47. The number of hydrogen-bond donors (Lipinski definition) is 1. The first-order valence-corrected chi connectivity index (χ1v) is 6.11. The van der Waals surface area contributed by atoms with Crippen LogP contribution < -0.4 is 5.32 Å². The van der Waals surface area contributed by atoms with Crippen LogP contribution in [0.1, 0.15) is 24.3 Å². The SMILES string of the molecule is Clc1cccc(Br)c1C1CCNCC1. The van der Waals surface area contributed by atoms with E-state index in [1.54, 1.807) is 0 Å². The van der Waals surface area contributed by atoms with Gasteiger partial charge in [-0.2, -0.15) is 0 Å². The highest BCUT2D eigenvalue weighted by Gasteiger charge is 2.19. The molecule has 0 radical (unpaired) electrons. The maximum Gasteiger partial charge on any atom is 0.0452 e. The summed E-state index contributed by atoms with van der Waals surface area (Å²) in [6.45, 7) is 2.20. The van der Waals surface area contributed by atoms with E-state index in [1.807, 2.05) is 12.1 Å². The summed E-state index contributed by atoms with van der Waals surface area (Å²) in [6, 6.07) is 6.03. The van der Waals surface area contributed by atoms with Crippen molar-refractivity contribution >= 4 is 27.5 Å². The summed E-state index contributed by atoms with van der Waals surface area (Å²) >= 11 is 9.79. The van der Waals surface area contributed by atoms with Crippen molar-refractivity contribution in [2.45, 2.75) is 18.8 Å². The third-order valence-electron chi connectivity index (χ3n) is 2.75. The van der Waals surface area contributed by atoms with Crippen LogP contribution in [0.15, 0.2) is 22.7 Å². The van der Waals surface area contributed by atoms with Crippen LogP contribution in [0, 0.1) is 0 Å². The van der Waals surface area contributed by atoms with E-state index in [-0.39, 0.29) is 0 Å². The van der Waals surface area contributed by atoms with Crippen LogP contribution in [0.25, 0.3) is 0 Å². The highest BCUT2D eigenvalue weighted by atomic mass is 79.9. The number of benzene rings is 1. The van der Waals surface area contributed by atoms with Gasteiger partial charge in [-0.05, 0) is 49.5 Å². The summed E-state index contributed by atoms with van der Waals surface area (Å²) < 4.78 is 1.15. The second kappa shape index (κ2) is 4.65. The molecule has 1 fully saturated rings. The van der Waals surface area contributed by atoms with Crippen molar-refractivity contribution in [3.05, 3.63) is 33.3 Å². The van der Waals surface area contributed by atoms with Crippen LogP contribution in [0.5, 0.6) is 0 Å². The van der Waals surface area contributed by atoms with Crippen LogP contribution in [0.2, 0.25) is 5.02 Å². The molecule has 0 aromatic heterocycles. The van der Waals surface area contributed by atoms with Gasteiger partial charge in [-0.15, -0.1) is 0 Å². The molecule has 0 atom stereocenters. The van der Waals surface area contributed by atoms with Crippen LogP contribution in [0.4, 0.5) is 0 Å². The molecule has 0 amide bonds. The minimum atomic E-state index is 0.610. The van der Waals surface area contributed by atoms with Gasteiger partial charge in [0.15, 0.2) is 0 Å². The van der Waals surface area contributed by atoms with Gasteiger partial charge in [-0.3, -0.25) is 0 Å². The van der Waals surface area contributed by atoms with Crippen LogP contribution >= 0.6 is 27.5 Å². The molecule has 76 valence electrons. The maximum atomic E-state index is 6.21. The Labute approximate surface area is 98.0 Å². The second-order valence-corrected chi connectivity index (χ2v) is 4.92. The molecule has 3 heteroatoms. The number of nitrogens with one attached hydrogen (secondary N) is 1. The first kappa shape index (κ1) is 10.5. The van der Waals surface area contributed by atoms with Crippen molar-refractivity contribution in [2.24, 2.45) is 0 Å². The molecule has 1 nitrogen and oxygen atoms in total. The lowest BCUT2D eigenvalue weighted by molar-refractivity contribution is 0.459. The Bertz CT molecular complexity index is 301. The van der Waals surface area contributed by atoms with Crippen molar-refractivity contribution in [3.63, 3.8) is 0 Å². The lowest BCUT2D eigenvalue weighted by atomic mass is 9.90. The first-order chi connectivity index (χ1) is 6.79. The zero-order valence-electron chi connectivity index (χ0n) is 7.89. The van der Waals surface area contributed by atoms with Gasteiger partial charge in [0, 0.05) is 9.50 Å². The van der Waals surface area contributed by atoms with Gasteiger partial charge in [-0.1, -0.05) is 33.6 Å². The summed E-state index contributed by atoms with van der Waals surface area (Å²) in [7, 11) is 0. The second-order valence-electron chi connectivity index (χ2n) is 3.66. The van der Waals surface area contributed by atoms with Crippen LogP contribution in [-0.4, -0.2) is 13.1 Å². The quantitative estimate of drug-likeness (QED) is 0.825. The van der Waals surface area contributed by atoms with Gasteiger partial charge in [0.2, 0.25) is 0 Å². The van der Waals surface area contributed by atoms with Crippen LogP contribution in [0.3, 0.4) is 0 Å². The topological polar surface area (TPSA) is 12.0 Å². The minimum absolute atomic E-state index is 0.610. The molecule has 1 aliphatic rings. The third-order valence-corrected chi connectivity index (χ3v) is 3.77. The largest absolute Gasteiger partial charge is 0.317 e. The summed E-state index contributed by atoms with van der Waals surface area (Å²) in [5.41, 5.74) is 1.29. The lowest BCUT2D eigenvalue weighted by Gasteiger charge is -2.24. The predicted molar refractivity (Wildman–Crippen MR) is 64.0 cm³/mol. The van der Waals surface area contributed by atoms with Crippen molar-refractivity contribution in [1.82, 2.24) is 5.32 Å². The van der Waals surface area contributed by atoms with Gasteiger partial charge in [0.05, 0.1) is 0 Å². The maximum absolute atomic E-state index is 6.21. The molecule has 1 saturated heterocycles. The van der Waals surface area contributed by atoms with E-state index in [1.165, 1.54) is 18.4 Å². The van der Waals surface area contributed by atoms with E-state index in [4.69, 9.17) is 11.6 Å². The number of hydrogen-bond acceptors (Lipinski definition) is 1. The average molecular weight is 275 g/mol. The van der Waals surface area contributed by atoms with Gasteiger partial charge in [-0.25, -0.2) is 0 Å². The Morgan fingerprint density at radius 3 is 2.64 bits per heavy atom. The highest BCUT2D eigenvalue weighted by molar-refractivity contribution is 9.10. The standard InChI is InChI=1S/C11H13BrClN/c12-9-2-1-3-10(13)11(9)8-4-6-14-7-5-8/h1-3,8,14H,4-7H2. The predicted octanol–water partition coefficient (Wildman–Crippen LogP) is 3.57. The molecule has 0 unspecified atom stereocenters. The van der Waals surface area contributed by atoms with Gasteiger partial charge in [0.1, 0.15) is 0 Å². The zero-order chi connectivity index (χ0) is 9.97. The number of rotatable bonds is 1. The van der Waals surface area contributed by atoms with E-state index in [0.29, 0.717) is 5.92 Å². The van der Waals surface area contributed by atoms with Crippen molar-refractivity contribution in [1.29, 1.82) is 0 Å². The van der Waals surface area contributed by atoms with E-state index in [9.17, 15) is 0 Å². The Balaban J connectivity index is 2.29. The van der Waals surface area contributed by atoms with Crippen LogP contribution in [-0.2, 0) is 0 Å². The number of piperidine rings is 1. The van der Waals surface area contributed by atoms with E-state index in [0.717, 1.165) is 22.6 Å². The Hall–Kier alpha value is -0.0500. The fourth-order valence-corrected chi connectivity index (χ4v) is 3.14. The molecule has 0 saturated carbocycles. The molecular formula is C11H13BrClN. The fraction of sp³-hybridized carbons (Fsp3) is 0.455. The molecule has 1 aliphatic heterocycles. The summed E-state index contributed by atoms with van der Waals surface area (Å²) in [5, 5.41) is 4.26. The molecule has 1 N–H and O–H groups in total. The van der Waals surface area contributed by atoms with Crippen molar-refractivity contribution in [2.75, 3.05) is 13.1 Å². The molecule has 1 heterocycles. The lowest BCUT2D eigenvalue weighted by Crippen LogP contribution is -2.26. The van der Waals surface area contributed by atoms with Crippen molar-refractivity contribution in [3.8, 4) is 0 Å². The molecule has 2 rings (SSSR count). The van der Waals surface area contributed by atoms with Gasteiger partial charge < -0.3 is 5.32 Å². The molecule has 1 aromatic carbocycles. The fourth-order valence-electron chi connectivity index (χ4n) is 2.01. The van der Waals surface area contributed by atoms with Crippen molar-refractivity contribution < 1.29 is 0 Å².